The third-order valence-electron chi connectivity index (χ3n) is 2.16. The van der Waals surface area contributed by atoms with E-state index in [1.165, 1.54) is 6.26 Å². The number of amides is 1. The molecule has 0 aliphatic rings. The average molecular weight is 290 g/mol. The number of carbonyl (C=O) groups excluding carboxylic acids is 1. The number of hydrogen-bond acceptors (Lipinski definition) is 3. The fourth-order valence-corrected chi connectivity index (χ4v) is 1.74. The summed E-state index contributed by atoms with van der Waals surface area (Å²) in [7, 11) is 0. The highest BCUT2D eigenvalue weighted by Gasteiger charge is 2.21. The van der Waals surface area contributed by atoms with Crippen molar-refractivity contribution in [3.05, 3.63) is 22.6 Å². The van der Waals surface area contributed by atoms with E-state index in [1.807, 2.05) is 13.8 Å². The van der Waals surface area contributed by atoms with E-state index in [2.05, 4.69) is 15.9 Å². The molecule has 0 spiro atoms. The number of carbonyl (C=O) groups is 1. The number of rotatable bonds is 4. The van der Waals surface area contributed by atoms with Crippen LogP contribution in [0.1, 0.15) is 31.1 Å². The molecule has 0 saturated carbocycles. The van der Waals surface area contributed by atoms with Gasteiger partial charge < -0.3 is 14.4 Å². The van der Waals surface area contributed by atoms with Crippen LogP contribution in [0.3, 0.4) is 0 Å². The first kappa shape index (κ1) is 13.3. The monoisotopic (exact) mass is 289 g/mol. The Morgan fingerprint density at radius 3 is 2.56 bits per heavy atom. The predicted octanol–water partition coefficient (Wildman–Crippen LogP) is 2.27. The van der Waals surface area contributed by atoms with Crippen molar-refractivity contribution in [1.82, 2.24) is 4.90 Å². The van der Waals surface area contributed by atoms with Gasteiger partial charge >= 0.3 is 0 Å². The standard InChI is InChI=1S/C11H16BrNO3/c1-7(2)13(5-8(3)14)11(15)9-4-10(12)16-6-9/h4,6-8,14H,5H2,1-3H3. The molecule has 1 heterocycles. The third-order valence-corrected chi connectivity index (χ3v) is 2.58. The Balaban J connectivity index is 2.83. The Labute approximate surface area is 103 Å². The van der Waals surface area contributed by atoms with E-state index >= 15 is 0 Å². The van der Waals surface area contributed by atoms with Crippen LogP contribution in [-0.2, 0) is 0 Å². The zero-order valence-electron chi connectivity index (χ0n) is 9.61. The second-order valence-corrected chi connectivity index (χ2v) is 4.82. The first-order valence-corrected chi connectivity index (χ1v) is 5.94. The van der Waals surface area contributed by atoms with Crippen molar-refractivity contribution < 1.29 is 14.3 Å². The first-order chi connectivity index (χ1) is 7.41. The second kappa shape index (κ2) is 5.50. The molecule has 0 radical (unpaired) electrons. The minimum absolute atomic E-state index is 0.0378. The molecule has 1 rings (SSSR count). The Morgan fingerprint density at radius 1 is 1.56 bits per heavy atom. The molecule has 5 heteroatoms. The Hall–Kier alpha value is -0.810. The Morgan fingerprint density at radius 2 is 2.19 bits per heavy atom. The van der Waals surface area contributed by atoms with Crippen LogP contribution in [0.15, 0.2) is 21.4 Å². The third kappa shape index (κ3) is 3.35. The van der Waals surface area contributed by atoms with Crippen molar-refractivity contribution in [1.29, 1.82) is 0 Å². The maximum Gasteiger partial charge on any atom is 0.257 e. The van der Waals surface area contributed by atoms with Crippen molar-refractivity contribution in [3.63, 3.8) is 0 Å². The van der Waals surface area contributed by atoms with Gasteiger partial charge in [0.15, 0.2) is 4.67 Å². The van der Waals surface area contributed by atoms with E-state index in [0.29, 0.717) is 16.8 Å². The summed E-state index contributed by atoms with van der Waals surface area (Å²) in [6.45, 7) is 5.80. The van der Waals surface area contributed by atoms with Gasteiger partial charge in [0.05, 0.1) is 11.7 Å². The van der Waals surface area contributed by atoms with Crippen molar-refractivity contribution in [2.75, 3.05) is 6.54 Å². The van der Waals surface area contributed by atoms with Gasteiger partial charge in [-0.25, -0.2) is 0 Å². The molecule has 0 fully saturated rings. The summed E-state index contributed by atoms with van der Waals surface area (Å²) >= 11 is 3.15. The molecule has 0 aliphatic heterocycles. The zero-order chi connectivity index (χ0) is 12.3. The second-order valence-electron chi connectivity index (χ2n) is 4.04. The van der Waals surface area contributed by atoms with Gasteiger partial charge in [0, 0.05) is 18.7 Å². The fourth-order valence-electron chi connectivity index (χ4n) is 1.40. The Kier molecular flexibility index (Phi) is 4.56. The van der Waals surface area contributed by atoms with Crippen LogP contribution in [0, 0.1) is 0 Å². The zero-order valence-corrected chi connectivity index (χ0v) is 11.2. The normalized spacial score (nSPS) is 12.9. The Bertz CT molecular complexity index is 360. The lowest BCUT2D eigenvalue weighted by molar-refractivity contribution is 0.0578. The lowest BCUT2D eigenvalue weighted by Gasteiger charge is -2.27. The molecule has 0 aromatic carbocycles. The molecule has 1 unspecified atom stereocenters. The summed E-state index contributed by atoms with van der Waals surface area (Å²) in [6, 6.07) is 1.66. The van der Waals surface area contributed by atoms with Crippen molar-refractivity contribution >= 4 is 21.8 Å². The molecule has 90 valence electrons. The average Bonchev–Trinajstić information content (AvgIpc) is 2.59. The van der Waals surface area contributed by atoms with Crippen molar-refractivity contribution in [2.45, 2.75) is 32.9 Å². The van der Waals surface area contributed by atoms with Gasteiger partial charge in [-0.1, -0.05) is 0 Å². The van der Waals surface area contributed by atoms with Gasteiger partial charge in [0.25, 0.3) is 5.91 Å². The lowest BCUT2D eigenvalue weighted by atomic mass is 10.2. The minimum atomic E-state index is -0.540. The van der Waals surface area contributed by atoms with E-state index in [9.17, 15) is 9.90 Å². The molecule has 0 saturated heterocycles. The molecule has 1 aromatic heterocycles. The van der Waals surface area contributed by atoms with Crippen LogP contribution in [0.5, 0.6) is 0 Å². The van der Waals surface area contributed by atoms with Crippen LogP contribution in [0.4, 0.5) is 0 Å². The number of aliphatic hydroxyl groups is 1. The van der Waals surface area contributed by atoms with Crippen LogP contribution in [-0.4, -0.2) is 34.6 Å². The van der Waals surface area contributed by atoms with Crippen molar-refractivity contribution in [3.8, 4) is 0 Å². The molecule has 16 heavy (non-hydrogen) atoms. The fraction of sp³-hybridized carbons (Fsp3) is 0.545. The summed E-state index contributed by atoms with van der Waals surface area (Å²) in [5.41, 5.74) is 0.487. The van der Waals surface area contributed by atoms with E-state index in [1.54, 1.807) is 17.9 Å². The summed E-state index contributed by atoms with van der Waals surface area (Å²) in [6.07, 6.45) is 0.866. The highest BCUT2D eigenvalue weighted by Crippen LogP contribution is 2.17. The minimum Gasteiger partial charge on any atom is -0.457 e. The molecule has 4 nitrogen and oxygen atoms in total. The SMILES string of the molecule is CC(O)CN(C(=O)c1coc(Br)c1)C(C)C. The summed E-state index contributed by atoms with van der Waals surface area (Å²) in [5, 5.41) is 9.35. The molecular weight excluding hydrogens is 274 g/mol. The molecule has 0 bridgehead atoms. The van der Waals surface area contributed by atoms with E-state index in [-0.39, 0.29) is 11.9 Å². The first-order valence-electron chi connectivity index (χ1n) is 5.15. The van der Waals surface area contributed by atoms with Crippen LogP contribution in [0.25, 0.3) is 0 Å². The molecule has 1 aromatic rings. The number of furan rings is 1. The van der Waals surface area contributed by atoms with Gasteiger partial charge in [-0.3, -0.25) is 4.79 Å². The van der Waals surface area contributed by atoms with E-state index in [4.69, 9.17) is 4.42 Å². The molecule has 1 amide bonds. The topological polar surface area (TPSA) is 53.7 Å². The van der Waals surface area contributed by atoms with Gasteiger partial charge in [-0.05, 0) is 36.7 Å². The maximum atomic E-state index is 12.1. The molecule has 0 aliphatic carbocycles. The van der Waals surface area contributed by atoms with Gasteiger partial charge in [0.1, 0.15) is 6.26 Å². The van der Waals surface area contributed by atoms with Crippen LogP contribution >= 0.6 is 15.9 Å². The highest BCUT2D eigenvalue weighted by atomic mass is 79.9. The number of halogens is 1. The summed E-state index contributed by atoms with van der Waals surface area (Å²) in [4.78, 5) is 13.7. The smallest absolute Gasteiger partial charge is 0.257 e. The largest absolute Gasteiger partial charge is 0.457 e. The molecule has 1 N–H and O–H groups in total. The van der Waals surface area contributed by atoms with Gasteiger partial charge in [-0.15, -0.1) is 0 Å². The lowest BCUT2D eigenvalue weighted by Crippen LogP contribution is -2.41. The van der Waals surface area contributed by atoms with E-state index < -0.39 is 6.10 Å². The summed E-state index contributed by atoms with van der Waals surface area (Å²) < 4.78 is 5.55. The number of hydrogen-bond donors (Lipinski definition) is 1. The van der Waals surface area contributed by atoms with Gasteiger partial charge in [-0.2, -0.15) is 0 Å². The number of aliphatic hydroxyl groups excluding tert-OH is 1. The predicted molar refractivity (Wildman–Crippen MR) is 64.3 cm³/mol. The van der Waals surface area contributed by atoms with Crippen molar-refractivity contribution in [2.24, 2.45) is 0 Å². The molecule has 1 atom stereocenters. The number of nitrogens with zero attached hydrogens (tertiary/aromatic N) is 1. The summed E-state index contributed by atoms with van der Waals surface area (Å²) in [5.74, 6) is -0.134. The molecular formula is C11H16BrNO3. The van der Waals surface area contributed by atoms with Gasteiger partial charge in [0.2, 0.25) is 0 Å². The highest BCUT2D eigenvalue weighted by molar-refractivity contribution is 9.10. The van der Waals surface area contributed by atoms with Crippen LogP contribution in [0.2, 0.25) is 0 Å². The van der Waals surface area contributed by atoms with E-state index in [0.717, 1.165) is 0 Å². The van der Waals surface area contributed by atoms with Crippen LogP contribution < -0.4 is 0 Å². The maximum absolute atomic E-state index is 12.1. The quantitative estimate of drug-likeness (QED) is 0.925.